The van der Waals surface area contributed by atoms with Crippen LogP contribution in [0.3, 0.4) is 0 Å². The summed E-state index contributed by atoms with van der Waals surface area (Å²) in [5.41, 5.74) is 1.07. The maximum Gasteiger partial charge on any atom is 0.341 e. The Morgan fingerprint density at radius 1 is 1.14 bits per heavy atom. The average molecular weight is 305 g/mol. The van der Waals surface area contributed by atoms with Crippen LogP contribution < -0.4 is 10.1 Å². The average Bonchev–Trinajstić information content (AvgIpc) is 2.80. The first-order chi connectivity index (χ1) is 10.1. The van der Waals surface area contributed by atoms with Crippen LogP contribution in [0.5, 0.6) is 5.75 Å². The molecule has 1 aromatic rings. The highest BCUT2D eigenvalue weighted by Crippen LogP contribution is 2.69. The Balaban J connectivity index is 1.86. The number of carboxylic acid groups (broad SMARTS) is 1. The summed E-state index contributed by atoms with van der Waals surface area (Å²) in [4.78, 5) is 22.5. The third kappa shape index (κ3) is 3.24. The first-order valence-corrected chi connectivity index (χ1v) is 7.39. The SMILES string of the molecule is CC1(C)C(CC(=O)Nc2ccc(OCC(=O)O)cc2)C1(C)C. The molecule has 1 aromatic carbocycles. The smallest absolute Gasteiger partial charge is 0.341 e. The number of hydrogen-bond acceptors (Lipinski definition) is 3. The highest BCUT2D eigenvalue weighted by Gasteiger charge is 2.64. The molecule has 1 amide bonds. The summed E-state index contributed by atoms with van der Waals surface area (Å²) in [7, 11) is 0. The van der Waals surface area contributed by atoms with Crippen molar-refractivity contribution < 1.29 is 19.4 Å². The molecule has 0 aromatic heterocycles. The number of benzene rings is 1. The van der Waals surface area contributed by atoms with Gasteiger partial charge in [0, 0.05) is 12.1 Å². The number of carbonyl (C=O) groups is 2. The Morgan fingerprint density at radius 3 is 2.14 bits per heavy atom. The van der Waals surface area contributed by atoms with Gasteiger partial charge in [-0.1, -0.05) is 27.7 Å². The number of rotatable bonds is 6. The summed E-state index contributed by atoms with van der Waals surface area (Å²) in [6, 6.07) is 6.70. The molecule has 0 radical (unpaired) electrons. The molecule has 120 valence electrons. The standard InChI is InChI=1S/C17H23NO4/c1-16(2)13(17(16,3)4)9-14(19)18-11-5-7-12(8-6-11)22-10-15(20)21/h5-8,13H,9-10H2,1-4H3,(H,18,19)(H,20,21). The quantitative estimate of drug-likeness (QED) is 0.846. The first-order valence-electron chi connectivity index (χ1n) is 7.39. The number of nitrogens with one attached hydrogen (secondary N) is 1. The number of carboxylic acids is 1. The Labute approximate surface area is 130 Å². The third-order valence-corrected chi connectivity index (χ3v) is 5.21. The van der Waals surface area contributed by atoms with Crippen molar-refractivity contribution in [1.82, 2.24) is 0 Å². The van der Waals surface area contributed by atoms with Gasteiger partial charge in [0.2, 0.25) is 5.91 Å². The van der Waals surface area contributed by atoms with Gasteiger partial charge >= 0.3 is 5.97 Å². The minimum Gasteiger partial charge on any atom is -0.482 e. The number of hydrogen-bond donors (Lipinski definition) is 2. The Kier molecular flexibility index (Phi) is 4.18. The maximum atomic E-state index is 12.1. The molecule has 0 bridgehead atoms. The minimum atomic E-state index is -1.02. The molecule has 2 rings (SSSR count). The molecule has 1 aliphatic carbocycles. The number of aliphatic carboxylic acids is 1. The summed E-state index contributed by atoms with van der Waals surface area (Å²) in [6.45, 7) is 8.40. The fourth-order valence-electron chi connectivity index (χ4n) is 3.02. The van der Waals surface area contributed by atoms with Crippen LogP contribution in [-0.4, -0.2) is 23.6 Å². The molecule has 1 aliphatic rings. The molecule has 0 spiro atoms. The lowest BCUT2D eigenvalue weighted by atomic mass is 10.0. The Morgan fingerprint density at radius 2 is 1.68 bits per heavy atom. The molecule has 0 atom stereocenters. The van der Waals surface area contributed by atoms with E-state index in [9.17, 15) is 9.59 Å². The van der Waals surface area contributed by atoms with Gasteiger partial charge < -0.3 is 15.2 Å². The van der Waals surface area contributed by atoms with Crippen LogP contribution in [0.25, 0.3) is 0 Å². The normalized spacial score (nSPS) is 18.5. The van der Waals surface area contributed by atoms with Crippen molar-refractivity contribution in [3.63, 3.8) is 0 Å². The lowest BCUT2D eigenvalue weighted by molar-refractivity contribution is -0.139. The largest absolute Gasteiger partial charge is 0.482 e. The number of amides is 1. The van der Waals surface area contributed by atoms with Gasteiger partial charge in [0.15, 0.2) is 6.61 Å². The summed E-state index contributed by atoms with van der Waals surface area (Å²) in [5.74, 6) is -0.169. The van der Waals surface area contributed by atoms with Gasteiger partial charge in [-0.2, -0.15) is 0 Å². The molecular weight excluding hydrogens is 282 g/mol. The second-order valence-corrected chi connectivity index (χ2v) is 6.96. The van der Waals surface area contributed by atoms with Crippen LogP contribution in [0.1, 0.15) is 34.1 Å². The zero-order valence-corrected chi connectivity index (χ0v) is 13.5. The van der Waals surface area contributed by atoms with E-state index in [-0.39, 0.29) is 23.3 Å². The van der Waals surface area contributed by atoms with Crippen LogP contribution >= 0.6 is 0 Å². The molecule has 22 heavy (non-hydrogen) atoms. The van der Waals surface area contributed by atoms with Gasteiger partial charge in [-0.05, 0) is 41.0 Å². The predicted octanol–water partition coefficient (Wildman–Crippen LogP) is 3.16. The summed E-state index contributed by atoms with van der Waals surface area (Å²) in [6.07, 6.45) is 0.511. The number of carbonyl (C=O) groups excluding carboxylic acids is 1. The van der Waals surface area contributed by atoms with Gasteiger partial charge in [-0.25, -0.2) is 4.79 Å². The molecule has 1 saturated carbocycles. The zero-order chi connectivity index (χ0) is 16.5. The first kappa shape index (κ1) is 16.3. The van der Waals surface area contributed by atoms with E-state index in [1.54, 1.807) is 24.3 Å². The van der Waals surface area contributed by atoms with Crippen molar-refractivity contribution in [2.45, 2.75) is 34.1 Å². The molecule has 5 heteroatoms. The molecule has 0 aliphatic heterocycles. The summed E-state index contributed by atoms with van der Waals surface area (Å²) < 4.78 is 5.04. The fourth-order valence-corrected chi connectivity index (χ4v) is 3.02. The van der Waals surface area contributed by atoms with E-state index >= 15 is 0 Å². The lowest BCUT2D eigenvalue weighted by Gasteiger charge is -2.08. The number of ether oxygens (including phenoxy) is 1. The Bertz CT molecular complexity index is 561. The van der Waals surface area contributed by atoms with Gasteiger partial charge in [0.05, 0.1) is 0 Å². The van der Waals surface area contributed by atoms with Crippen molar-refractivity contribution in [3.8, 4) is 5.75 Å². The molecular formula is C17H23NO4. The fraction of sp³-hybridized carbons (Fsp3) is 0.529. The molecule has 0 unspecified atom stereocenters. The van der Waals surface area contributed by atoms with E-state index in [1.165, 1.54) is 0 Å². The molecule has 2 N–H and O–H groups in total. The van der Waals surface area contributed by atoms with Crippen molar-refractivity contribution in [2.75, 3.05) is 11.9 Å². The van der Waals surface area contributed by atoms with Crippen LogP contribution in [0, 0.1) is 16.7 Å². The van der Waals surface area contributed by atoms with Crippen LogP contribution in [0.4, 0.5) is 5.69 Å². The van der Waals surface area contributed by atoms with E-state index < -0.39 is 5.97 Å². The van der Waals surface area contributed by atoms with E-state index in [0.29, 0.717) is 23.8 Å². The van der Waals surface area contributed by atoms with Crippen LogP contribution in [0.2, 0.25) is 0 Å². The van der Waals surface area contributed by atoms with Gasteiger partial charge in [-0.15, -0.1) is 0 Å². The van der Waals surface area contributed by atoms with Gasteiger partial charge in [0.1, 0.15) is 5.75 Å². The van der Waals surface area contributed by atoms with Gasteiger partial charge in [-0.3, -0.25) is 4.79 Å². The topological polar surface area (TPSA) is 75.6 Å². The van der Waals surface area contributed by atoms with Crippen LogP contribution in [-0.2, 0) is 9.59 Å². The monoisotopic (exact) mass is 305 g/mol. The Hall–Kier alpha value is -2.04. The summed E-state index contributed by atoms with van der Waals surface area (Å²) >= 11 is 0. The maximum absolute atomic E-state index is 12.1. The van der Waals surface area contributed by atoms with Crippen molar-refractivity contribution >= 4 is 17.6 Å². The molecule has 1 fully saturated rings. The van der Waals surface area contributed by atoms with E-state index in [1.807, 2.05) is 0 Å². The third-order valence-electron chi connectivity index (χ3n) is 5.21. The highest BCUT2D eigenvalue weighted by atomic mass is 16.5. The highest BCUT2D eigenvalue weighted by molar-refractivity contribution is 5.91. The molecule has 0 heterocycles. The van der Waals surface area contributed by atoms with E-state index in [4.69, 9.17) is 9.84 Å². The lowest BCUT2D eigenvalue weighted by Crippen LogP contribution is -2.14. The van der Waals surface area contributed by atoms with Gasteiger partial charge in [0.25, 0.3) is 0 Å². The number of anilines is 1. The predicted molar refractivity (Wildman–Crippen MR) is 83.9 cm³/mol. The second kappa shape index (κ2) is 5.63. The van der Waals surface area contributed by atoms with Crippen LogP contribution in [0.15, 0.2) is 24.3 Å². The minimum absolute atomic E-state index is 0.00264. The van der Waals surface area contributed by atoms with Crippen molar-refractivity contribution in [2.24, 2.45) is 16.7 Å². The second-order valence-electron chi connectivity index (χ2n) is 6.96. The summed E-state index contributed by atoms with van der Waals surface area (Å²) in [5, 5.41) is 11.4. The van der Waals surface area contributed by atoms with E-state index in [2.05, 4.69) is 33.0 Å². The molecule has 5 nitrogen and oxygen atoms in total. The van der Waals surface area contributed by atoms with Crippen molar-refractivity contribution in [1.29, 1.82) is 0 Å². The van der Waals surface area contributed by atoms with Crippen molar-refractivity contribution in [3.05, 3.63) is 24.3 Å². The molecule has 0 saturated heterocycles. The zero-order valence-electron chi connectivity index (χ0n) is 13.5. The van der Waals surface area contributed by atoms with E-state index in [0.717, 1.165) is 0 Å².